The van der Waals surface area contributed by atoms with Crippen LogP contribution in [0.1, 0.15) is 24.2 Å². The van der Waals surface area contributed by atoms with Crippen molar-refractivity contribution in [3.63, 3.8) is 0 Å². The smallest absolute Gasteiger partial charge is 0.141 e. The Morgan fingerprint density at radius 1 is 0.467 bits per heavy atom. The van der Waals surface area contributed by atoms with Crippen LogP contribution >= 0.6 is 0 Å². The van der Waals surface area contributed by atoms with Crippen molar-refractivity contribution in [2.45, 2.75) is 12.8 Å². The predicted octanol–water partition coefficient (Wildman–Crippen LogP) is 11.4. The highest BCUT2D eigenvalue weighted by Gasteiger charge is 2.22. The van der Waals surface area contributed by atoms with E-state index in [4.69, 9.17) is 4.98 Å². The van der Waals surface area contributed by atoms with Crippen molar-refractivity contribution in [1.82, 2.24) is 9.55 Å². The second-order valence-electron chi connectivity index (χ2n) is 11.9. The maximum atomic E-state index is 5.14. The minimum Gasteiger partial charge on any atom is -0.293 e. The molecule has 0 unspecified atom stereocenters. The molecule has 9 rings (SSSR count). The van der Waals surface area contributed by atoms with E-state index in [0.29, 0.717) is 0 Å². The van der Waals surface area contributed by atoms with Gasteiger partial charge in [0.25, 0.3) is 0 Å². The minimum absolute atomic E-state index is 0.928. The number of nitrogens with zero attached hydrogens (tertiary/aromatic N) is 2. The quantitative estimate of drug-likeness (QED) is 0.191. The molecule has 0 atom stereocenters. The zero-order valence-electron chi connectivity index (χ0n) is 24.8. The Bertz CT molecular complexity index is 2420. The normalized spacial score (nSPS) is 13.4. The zero-order chi connectivity index (χ0) is 29.7. The van der Waals surface area contributed by atoms with Crippen LogP contribution in [0.25, 0.3) is 71.3 Å². The monoisotopic (exact) mass is 574 g/mol. The Morgan fingerprint density at radius 3 is 1.76 bits per heavy atom. The van der Waals surface area contributed by atoms with Gasteiger partial charge in [0, 0.05) is 5.69 Å². The van der Waals surface area contributed by atoms with Gasteiger partial charge in [-0.15, -0.1) is 0 Å². The summed E-state index contributed by atoms with van der Waals surface area (Å²) in [4.78, 5) is 5.14. The number of aromatic nitrogens is 2. The van der Waals surface area contributed by atoms with E-state index in [1.54, 1.807) is 0 Å². The molecule has 1 aliphatic carbocycles. The van der Waals surface area contributed by atoms with Crippen molar-refractivity contribution in [3.05, 3.63) is 169 Å². The van der Waals surface area contributed by atoms with E-state index in [9.17, 15) is 0 Å². The Labute approximate surface area is 262 Å². The number of imidazole rings is 1. The van der Waals surface area contributed by atoms with E-state index in [-0.39, 0.29) is 0 Å². The lowest BCUT2D eigenvalue weighted by atomic mass is 9.83. The summed E-state index contributed by atoms with van der Waals surface area (Å²) >= 11 is 0. The summed E-state index contributed by atoms with van der Waals surface area (Å²) in [6.45, 7) is 0. The maximum Gasteiger partial charge on any atom is 0.141 e. The van der Waals surface area contributed by atoms with Gasteiger partial charge in [-0.2, -0.15) is 0 Å². The molecule has 45 heavy (non-hydrogen) atoms. The molecule has 2 nitrogen and oxygen atoms in total. The molecule has 0 fully saturated rings. The van der Waals surface area contributed by atoms with Crippen molar-refractivity contribution in [3.8, 4) is 16.8 Å². The van der Waals surface area contributed by atoms with Crippen LogP contribution in [-0.2, 0) is 0 Å². The predicted molar refractivity (Wildman–Crippen MR) is 191 cm³/mol. The molecule has 1 aromatic heterocycles. The Kier molecular flexibility index (Phi) is 5.99. The lowest BCUT2D eigenvalue weighted by Gasteiger charge is -2.22. The molecule has 0 radical (unpaired) electrons. The Hall–Kier alpha value is -5.73. The number of benzene rings is 7. The van der Waals surface area contributed by atoms with Crippen LogP contribution in [0, 0.1) is 0 Å². The standard InChI is InChI=1S/C43H30N2/c1-2-14-34(15-3-1)45-40-21-11-10-20-39(40)44-43(45)31-25-23-30(24-26-31)41-35-16-6-8-18-37(35)42(38-19-9-7-17-36(38)41)33-27-22-29-12-4-5-13-32(29)28-33/h1-23,25,27-28H,24,26H2. The molecule has 0 spiro atoms. The molecule has 0 N–H and O–H groups in total. The van der Waals surface area contributed by atoms with Gasteiger partial charge in [-0.25, -0.2) is 4.98 Å². The van der Waals surface area contributed by atoms with Crippen molar-refractivity contribution in [1.29, 1.82) is 0 Å². The van der Waals surface area contributed by atoms with Gasteiger partial charge in [-0.3, -0.25) is 4.57 Å². The maximum absolute atomic E-state index is 5.14. The summed E-state index contributed by atoms with van der Waals surface area (Å²) in [7, 11) is 0. The third kappa shape index (κ3) is 4.22. The van der Waals surface area contributed by atoms with E-state index in [1.807, 2.05) is 0 Å². The molecule has 7 aromatic carbocycles. The first-order valence-corrected chi connectivity index (χ1v) is 15.7. The summed E-state index contributed by atoms with van der Waals surface area (Å²) in [5.74, 6) is 1.03. The fourth-order valence-electron chi connectivity index (χ4n) is 7.24. The first-order valence-electron chi connectivity index (χ1n) is 15.7. The first-order chi connectivity index (χ1) is 22.3. The molecule has 0 amide bonds. The van der Waals surface area contributed by atoms with Gasteiger partial charge in [0.05, 0.1) is 11.0 Å². The summed E-state index contributed by atoms with van der Waals surface area (Å²) in [6, 6.07) is 52.4. The molecule has 0 saturated heterocycles. The van der Waals surface area contributed by atoms with Crippen molar-refractivity contribution in [2.24, 2.45) is 0 Å². The molecular formula is C43H30N2. The SMILES string of the molecule is C1=C(c2c3ccccc3c(-c3ccc4ccccc4c3)c3ccccc23)CCC(c2nc3ccccc3n2-c2ccccc2)=C1. The molecule has 2 heteroatoms. The number of hydrogen-bond acceptors (Lipinski definition) is 1. The molecule has 8 aromatic rings. The Morgan fingerprint density at radius 2 is 1.04 bits per heavy atom. The fourth-order valence-corrected chi connectivity index (χ4v) is 7.24. The van der Waals surface area contributed by atoms with Gasteiger partial charge < -0.3 is 0 Å². The highest BCUT2D eigenvalue weighted by atomic mass is 15.1. The largest absolute Gasteiger partial charge is 0.293 e. The van der Waals surface area contributed by atoms with Gasteiger partial charge in [-0.1, -0.05) is 127 Å². The van der Waals surface area contributed by atoms with Gasteiger partial charge in [0.2, 0.25) is 0 Å². The van der Waals surface area contributed by atoms with Crippen LogP contribution in [0.5, 0.6) is 0 Å². The third-order valence-corrected chi connectivity index (χ3v) is 9.30. The first kappa shape index (κ1) is 25.7. The summed E-state index contributed by atoms with van der Waals surface area (Å²) < 4.78 is 2.31. The van der Waals surface area contributed by atoms with E-state index in [0.717, 1.165) is 35.4 Å². The van der Waals surface area contributed by atoms with Crippen LogP contribution in [0.4, 0.5) is 0 Å². The lowest BCUT2D eigenvalue weighted by molar-refractivity contribution is 0.991. The summed E-state index contributed by atoms with van der Waals surface area (Å²) in [6.07, 6.45) is 6.53. The number of allylic oxidation sites excluding steroid dienone is 4. The number of hydrogen-bond donors (Lipinski definition) is 0. The summed E-state index contributed by atoms with van der Waals surface area (Å²) in [5, 5.41) is 7.73. The van der Waals surface area contributed by atoms with Crippen LogP contribution < -0.4 is 0 Å². The number of fused-ring (bicyclic) bond motifs is 4. The number of rotatable bonds is 4. The van der Waals surface area contributed by atoms with E-state index in [1.165, 1.54) is 60.2 Å². The molecular weight excluding hydrogens is 544 g/mol. The van der Waals surface area contributed by atoms with Crippen molar-refractivity contribution in [2.75, 3.05) is 0 Å². The molecule has 212 valence electrons. The third-order valence-electron chi connectivity index (χ3n) is 9.30. The average molecular weight is 575 g/mol. The molecule has 0 aliphatic heterocycles. The van der Waals surface area contributed by atoms with E-state index in [2.05, 4.69) is 162 Å². The minimum atomic E-state index is 0.928. The fraction of sp³-hybridized carbons (Fsp3) is 0.0465. The molecule has 0 bridgehead atoms. The molecule has 1 heterocycles. The molecule has 1 aliphatic rings. The lowest BCUT2D eigenvalue weighted by Crippen LogP contribution is -2.03. The number of para-hydroxylation sites is 3. The van der Waals surface area contributed by atoms with Crippen LogP contribution in [0.15, 0.2) is 158 Å². The van der Waals surface area contributed by atoms with Gasteiger partial charge >= 0.3 is 0 Å². The zero-order valence-corrected chi connectivity index (χ0v) is 24.8. The summed E-state index contributed by atoms with van der Waals surface area (Å²) in [5.41, 5.74) is 9.84. The Balaban J connectivity index is 1.24. The van der Waals surface area contributed by atoms with Crippen molar-refractivity contribution < 1.29 is 0 Å². The second kappa shape index (κ2) is 10.5. The highest BCUT2D eigenvalue weighted by Crippen LogP contribution is 2.45. The van der Waals surface area contributed by atoms with E-state index < -0.39 is 0 Å². The van der Waals surface area contributed by atoms with Crippen molar-refractivity contribution >= 4 is 54.5 Å². The topological polar surface area (TPSA) is 17.8 Å². The van der Waals surface area contributed by atoms with Crippen LogP contribution in [0.2, 0.25) is 0 Å². The van der Waals surface area contributed by atoms with Crippen LogP contribution in [-0.4, -0.2) is 9.55 Å². The van der Waals surface area contributed by atoms with Gasteiger partial charge in [0.1, 0.15) is 5.82 Å². The van der Waals surface area contributed by atoms with E-state index >= 15 is 0 Å². The molecule has 0 saturated carbocycles. The van der Waals surface area contributed by atoms with Gasteiger partial charge in [-0.05, 0) is 103 Å². The average Bonchev–Trinajstić information content (AvgIpc) is 3.50. The second-order valence-corrected chi connectivity index (χ2v) is 11.9. The van der Waals surface area contributed by atoms with Crippen LogP contribution in [0.3, 0.4) is 0 Å². The van der Waals surface area contributed by atoms with Gasteiger partial charge in [0.15, 0.2) is 0 Å². The highest BCUT2D eigenvalue weighted by molar-refractivity contribution is 6.19.